The number of hydrazone groups is 1. The first kappa shape index (κ1) is 17.3. The Balaban J connectivity index is 2.02. The third kappa shape index (κ3) is 4.69. The lowest BCUT2D eigenvalue weighted by Crippen LogP contribution is -2.33. The van der Waals surface area contributed by atoms with Crippen LogP contribution in [0.5, 0.6) is 0 Å². The third-order valence-electron chi connectivity index (χ3n) is 3.23. The number of rotatable bonds is 2. The first-order valence-corrected chi connectivity index (χ1v) is 7.18. The highest BCUT2D eigenvalue weighted by molar-refractivity contribution is 6.39. The van der Waals surface area contributed by atoms with Crippen molar-refractivity contribution in [1.29, 1.82) is 0 Å². The summed E-state index contributed by atoms with van der Waals surface area (Å²) in [5.74, 6) is -2.16. The molecule has 124 valence electrons. The van der Waals surface area contributed by atoms with Gasteiger partial charge in [0.15, 0.2) is 0 Å². The molecule has 0 bridgehead atoms. The molecule has 0 aromatic heterocycles. The molecule has 0 spiro atoms. The van der Waals surface area contributed by atoms with Crippen molar-refractivity contribution in [3.8, 4) is 0 Å². The molecular weight excluding hydrogens is 335 g/mol. The van der Waals surface area contributed by atoms with Crippen molar-refractivity contribution in [2.24, 2.45) is 5.10 Å². The van der Waals surface area contributed by atoms with Crippen LogP contribution in [0.2, 0.25) is 5.02 Å². The second kappa shape index (κ2) is 6.99. The summed E-state index contributed by atoms with van der Waals surface area (Å²) < 4.78 is 38.2. The van der Waals surface area contributed by atoms with E-state index in [1.165, 1.54) is 6.07 Å². The van der Waals surface area contributed by atoms with E-state index in [0.717, 1.165) is 37.5 Å². The predicted molar refractivity (Wildman–Crippen MR) is 79.1 cm³/mol. The Morgan fingerprint density at radius 1 is 1.13 bits per heavy atom. The van der Waals surface area contributed by atoms with Gasteiger partial charge in [-0.3, -0.25) is 9.59 Å². The van der Waals surface area contributed by atoms with Crippen LogP contribution in [-0.2, 0) is 15.8 Å². The first-order valence-electron chi connectivity index (χ1n) is 6.81. The fourth-order valence-corrected chi connectivity index (χ4v) is 2.31. The van der Waals surface area contributed by atoms with Gasteiger partial charge in [-0.05, 0) is 43.9 Å². The van der Waals surface area contributed by atoms with Crippen LogP contribution >= 0.6 is 11.6 Å². The number of carbonyl (C=O) groups excluding carboxylic acids is 2. The third-order valence-corrected chi connectivity index (χ3v) is 3.56. The van der Waals surface area contributed by atoms with Gasteiger partial charge >= 0.3 is 18.0 Å². The maximum atomic E-state index is 12.7. The lowest BCUT2D eigenvalue weighted by atomic mass is 10.2. The number of halogens is 4. The van der Waals surface area contributed by atoms with Crippen molar-refractivity contribution in [1.82, 2.24) is 5.43 Å². The zero-order chi connectivity index (χ0) is 17.0. The molecule has 1 aliphatic rings. The molecule has 23 heavy (non-hydrogen) atoms. The van der Waals surface area contributed by atoms with E-state index in [4.69, 9.17) is 11.6 Å². The molecule has 1 aromatic carbocycles. The lowest BCUT2D eigenvalue weighted by Gasteiger charge is -2.11. The zero-order valence-electron chi connectivity index (χ0n) is 11.8. The van der Waals surface area contributed by atoms with E-state index in [0.29, 0.717) is 6.07 Å². The number of carbonyl (C=O) groups is 2. The van der Waals surface area contributed by atoms with Gasteiger partial charge in [-0.2, -0.15) is 18.3 Å². The molecule has 1 aliphatic carbocycles. The van der Waals surface area contributed by atoms with E-state index in [9.17, 15) is 22.8 Å². The van der Waals surface area contributed by atoms with E-state index < -0.39 is 28.6 Å². The van der Waals surface area contributed by atoms with Gasteiger partial charge in [0, 0.05) is 11.4 Å². The molecule has 1 saturated carbocycles. The molecule has 2 rings (SSSR count). The van der Waals surface area contributed by atoms with E-state index in [2.05, 4.69) is 15.8 Å². The predicted octanol–water partition coefficient (Wildman–Crippen LogP) is 3.34. The van der Waals surface area contributed by atoms with E-state index in [-0.39, 0.29) is 5.69 Å². The van der Waals surface area contributed by atoms with Crippen LogP contribution in [0.15, 0.2) is 23.3 Å². The Bertz CT molecular complexity index is 651. The number of alkyl halides is 3. The second-order valence-corrected chi connectivity index (χ2v) is 5.38. The number of amides is 2. The van der Waals surface area contributed by atoms with Crippen LogP contribution in [0.3, 0.4) is 0 Å². The summed E-state index contributed by atoms with van der Waals surface area (Å²) in [6, 6.07) is 2.83. The van der Waals surface area contributed by atoms with E-state index in [1.54, 1.807) is 0 Å². The molecule has 1 aromatic rings. The van der Waals surface area contributed by atoms with E-state index >= 15 is 0 Å². The number of hydrogen-bond acceptors (Lipinski definition) is 3. The van der Waals surface area contributed by atoms with Crippen LogP contribution in [0.4, 0.5) is 18.9 Å². The highest BCUT2D eigenvalue weighted by Crippen LogP contribution is 2.36. The van der Waals surface area contributed by atoms with Gasteiger partial charge in [0.2, 0.25) is 0 Å². The summed E-state index contributed by atoms with van der Waals surface area (Å²) in [6.07, 6.45) is -1.19. The van der Waals surface area contributed by atoms with Gasteiger partial charge in [-0.15, -0.1) is 0 Å². The van der Waals surface area contributed by atoms with E-state index in [1.807, 2.05) is 0 Å². The number of nitrogens with zero attached hydrogens (tertiary/aromatic N) is 1. The smallest absolute Gasteiger partial charge is 0.318 e. The number of anilines is 1. The van der Waals surface area contributed by atoms with Crippen molar-refractivity contribution in [3.63, 3.8) is 0 Å². The van der Waals surface area contributed by atoms with Crippen molar-refractivity contribution in [3.05, 3.63) is 28.8 Å². The first-order chi connectivity index (χ1) is 10.8. The van der Waals surface area contributed by atoms with Crippen LogP contribution in [0, 0.1) is 0 Å². The molecule has 9 heteroatoms. The minimum atomic E-state index is -4.66. The Hall–Kier alpha value is -2.09. The molecule has 1 fully saturated rings. The molecule has 2 amide bonds. The Morgan fingerprint density at radius 3 is 2.39 bits per heavy atom. The summed E-state index contributed by atoms with van der Waals surface area (Å²) in [6.45, 7) is 0. The fourth-order valence-electron chi connectivity index (χ4n) is 2.08. The summed E-state index contributed by atoms with van der Waals surface area (Å²) in [5, 5.41) is 5.40. The average Bonchev–Trinajstić information content (AvgIpc) is 2.98. The minimum absolute atomic E-state index is 0.185. The summed E-state index contributed by atoms with van der Waals surface area (Å²) in [5.41, 5.74) is 1.60. The minimum Gasteiger partial charge on any atom is -0.318 e. The topological polar surface area (TPSA) is 70.6 Å². The van der Waals surface area contributed by atoms with Gasteiger partial charge in [-0.25, -0.2) is 5.43 Å². The highest BCUT2D eigenvalue weighted by atomic mass is 35.5. The normalized spacial score (nSPS) is 14.5. The molecule has 0 atom stereocenters. The van der Waals surface area contributed by atoms with Gasteiger partial charge in [0.25, 0.3) is 0 Å². The monoisotopic (exact) mass is 347 g/mol. The van der Waals surface area contributed by atoms with Crippen LogP contribution in [0.1, 0.15) is 31.2 Å². The van der Waals surface area contributed by atoms with Gasteiger partial charge in [0.05, 0.1) is 10.6 Å². The summed E-state index contributed by atoms with van der Waals surface area (Å²) in [7, 11) is 0. The van der Waals surface area contributed by atoms with Crippen LogP contribution in [-0.4, -0.2) is 17.5 Å². The quantitative estimate of drug-likeness (QED) is 0.636. The van der Waals surface area contributed by atoms with Crippen LogP contribution < -0.4 is 10.7 Å². The Morgan fingerprint density at radius 2 is 1.78 bits per heavy atom. The average molecular weight is 348 g/mol. The van der Waals surface area contributed by atoms with Crippen molar-refractivity contribution >= 4 is 34.8 Å². The van der Waals surface area contributed by atoms with Crippen molar-refractivity contribution < 1.29 is 22.8 Å². The van der Waals surface area contributed by atoms with Crippen molar-refractivity contribution in [2.75, 3.05) is 5.32 Å². The summed E-state index contributed by atoms with van der Waals surface area (Å²) in [4.78, 5) is 23.2. The largest absolute Gasteiger partial charge is 0.417 e. The van der Waals surface area contributed by atoms with Crippen LogP contribution in [0.25, 0.3) is 0 Å². The number of nitrogens with one attached hydrogen (secondary N) is 2. The zero-order valence-corrected chi connectivity index (χ0v) is 12.6. The number of hydrogen-bond donors (Lipinski definition) is 2. The second-order valence-electron chi connectivity index (χ2n) is 4.97. The molecule has 0 heterocycles. The molecule has 5 nitrogen and oxygen atoms in total. The maximum Gasteiger partial charge on any atom is 0.417 e. The molecule has 0 unspecified atom stereocenters. The maximum absolute atomic E-state index is 12.7. The molecule has 0 saturated heterocycles. The van der Waals surface area contributed by atoms with Gasteiger partial charge in [-0.1, -0.05) is 11.6 Å². The molecule has 0 aliphatic heterocycles. The molecule has 2 N–H and O–H groups in total. The van der Waals surface area contributed by atoms with Gasteiger partial charge in [0.1, 0.15) is 0 Å². The number of benzene rings is 1. The standard InChI is InChI=1S/C14H13ClF3N3O2/c15-11-6-5-9(7-10(11)14(16,17)18)19-12(22)13(23)21-20-8-3-1-2-4-8/h5-7H,1-4H2,(H,19,22)(H,21,23). The van der Waals surface area contributed by atoms with Gasteiger partial charge < -0.3 is 5.32 Å². The SMILES string of the molecule is O=C(NN=C1CCCC1)C(=O)Nc1ccc(Cl)c(C(F)(F)F)c1. The Labute approximate surface area is 134 Å². The van der Waals surface area contributed by atoms with Crippen molar-refractivity contribution in [2.45, 2.75) is 31.9 Å². The highest BCUT2D eigenvalue weighted by Gasteiger charge is 2.33. The molecular formula is C14H13ClF3N3O2. The fraction of sp³-hybridized carbons (Fsp3) is 0.357. The summed E-state index contributed by atoms with van der Waals surface area (Å²) >= 11 is 5.47. The lowest BCUT2D eigenvalue weighted by molar-refractivity contribution is -0.137. The molecule has 0 radical (unpaired) electrons. The Kier molecular flexibility index (Phi) is 5.25.